The first-order valence-electron chi connectivity index (χ1n) is 9.89. The Morgan fingerprint density at radius 1 is 1.24 bits per heavy atom. The van der Waals surface area contributed by atoms with Gasteiger partial charge in [-0.15, -0.1) is 22.7 Å². The van der Waals surface area contributed by atoms with Crippen LogP contribution in [0.15, 0.2) is 41.8 Å². The fraction of sp³-hybridized carbons (Fsp3) is 0.304. The first-order chi connectivity index (χ1) is 14.2. The van der Waals surface area contributed by atoms with E-state index in [0.717, 1.165) is 36.8 Å². The van der Waals surface area contributed by atoms with Gasteiger partial charge < -0.3 is 5.32 Å². The largest absolute Gasteiger partial charge is 0.315 e. The molecule has 0 aliphatic heterocycles. The maximum atomic E-state index is 12.6. The second-order valence-electron chi connectivity index (χ2n) is 7.15. The van der Waals surface area contributed by atoms with E-state index in [0.29, 0.717) is 10.6 Å². The van der Waals surface area contributed by atoms with E-state index in [-0.39, 0.29) is 18.5 Å². The summed E-state index contributed by atoms with van der Waals surface area (Å²) in [6.07, 6.45) is 4.06. The fourth-order valence-corrected chi connectivity index (χ4v) is 5.84. The molecule has 0 spiro atoms. The third-order valence-electron chi connectivity index (χ3n) is 5.30. The molecule has 0 fully saturated rings. The Labute approximate surface area is 179 Å². The Hall–Kier alpha value is -2.46. The summed E-state index contributed by atoms with van der Waals surface area (Å²) >= 11 is 3.23. The zero-order valence-corrected chi connectivity index (χ0v) is 18.0. The number of thiophene rings is 2. The van der Waals surface area contributed by atoms with Crippen LogP contribution >= 0.6 is 22.7 Å². The molecule has 6 heteroatoms. The number of nitriles is 1. The predicted octanol–water partition coefficient (Wildman–Crippen LogP) is 5.05. The molecule has 148 valence electrons. The second kappa shape index (κ2) is 8.91. The van der Waals surface area contributed by atoms with Crippen molar-refractivity contribution in [2.24, 2.45) is 0 Å². The number of rotatable bonds is 7. The van der Waals surface area contributed by atoms with Crippen molar-refractivity contribution in [2.75, 3.05) is 11.9 Å². The van der Waals surface area contributed by atoms with E-state index in [9.17, 15) is 10.1 Å². The Morgan fingerprint density at radius 3 is 2.76 bits per heavy atom. The van der Waals surface area contributed by atoms with Gasteiger partial charge >= 0.3 is 0 Å². The van der Waals surface area contributed by atoms with E-state index in [1.807, 2.05) is 6.07 Å². The van der Waals surface area contributed by atoms with Crippen LogP contribution in [0.4, 0.5) is 5.00 Å². The van der Waals surface area contributed by atoms with E-state index >= 15 is 0 Å². The van der Waals surface area contributed by atoms with Crippen LogP contribution in [0.1, 0.15) is 51.4 Å². The quantitative estimate of drug-likeness (QED) is 0.561. The van der Waals surface area contributed by atoms with E-state index in [4.69, 9.17) is 0 Å². The molecule has 1 aliphatic rings. The minimum atomic E-state index is -0.117. The smallest absolute Gasteiger partial charge is 0.238 e. The van der Waals surface area contributed by atoms with Crippen LogP contribution in [-0.2, 0) is 24.1 Å². The average molecular weight is 422 g/mol. The Balaban J connectivity index is 1.46. The lowest BCUT2D eigenvalue weighted by Crippen LogP contribution is -2.31. The van der Waals surface area contributed by atoms with Crippen molar-refractivity contribution in [3.63, 3.8) is 0 Å². The molecule has 3 aromatic rings. The van der Waals surface area contributed by atoms with E-state index in [2.05, 4.69) is 59.3 Å². The van der Waals surface area contributed by atoms with Gasteiger partial charge in [0.05, 0.1) is 18.2 Å². The number of nitrogens with one attached hydrogen (secondary N) is 2. The lowest BCUT2D eigenvalue weighted by molar-refractivity contribution is -0.115. The van der Waals surface area contributed by atoms with Crippen LogP contribution in [0.25, 0.3) is 0 Å². The summed E-state index contributed by atoms with van der Waals surface area (Å²) in [6, 6.07) is 14.9. The van der Waals surface area contributed by atoms with Crippen LogP contribution in [-0.4, -0.2) is 12.5 Å². The molecular weight excluding hydrogens is 398 g/mol. The molecule has 1 aliphatic carbocycles. The third kappa shape index (κ3) is 4.27. The van der Waals surface area contributed by atoms with Gasteiger partial charge in [0.1, 0.15) is 11.1 Å². The third-order valence-corrected chi connectivity index (χ3v) is 7.45. The van der Waals surface area contributed by atoms with Crippen molar-refractivity contribution >= 4 is 33.6 Å². The summed E-state index contributed by atoms with van der Waals surface area (Å²) in [6.45, 7) is 2.33. The van der Waals surface area contributed by atoms with Gasteiger partial charge in [-0.05, 0) is 53.8 Å². The van der Waals surface area contributed by atoms with Crippen LogP contribution in [0.2, 0.25) is 0 Å². The summed E-state index contributed by atoms with van der Waals surface area (Å²) in [5, 5.41) is 18.6. The number of hydrogen-bond donors (Lipinski definition) is 2. The molecule has 0 saturated heterocycles. The van der Waals surface area contributed by atoms with E-state index in [1.54, 1.807) is 22.7 Å². The van der Waals surface area contributed by atoms with Crippen molar-refractivity contribution in [3.8, 4) is 6.07 Å². The number of anilines is 1. The van der Waals surface area contributed by atoms with Crippen molar-refractivity contribution in [3.05, 3.63) is 73.8 Å². The molecule has 4 nitrogen and oxygen atoms in total. The topological polar surface area (TPSA) is 64.9 Å². The number of carbonyl (C=O) groups is 1. The minimum Gasteiger partial charge on any atom is -0.315 e. The molecule has 0 unspecified atom stereocenters. The maximum Gasteiger partial charge on any atom is 0.238 e. The molecule has 2 aromatic heterocycles. The number of benzene rings is 1. The van der Waals surface area contributed by atoms with Crippen molar-refractivity contribution in [1.82, 2.24) is 5.32 Å². The Kier molecular flexibility index (Phi) is 6.10. The van der Waals surface area contributed by atoms with Gasteiger partial charge in [-0.2, -0.15) is 5.26 Å². The van der Waals surface area contributed by atoms with Gasteiger partial charge in [0.25, 0.3) is 0 Å². The summed E-state index contributed by atoms with van der Waals surface area (Å²) in [5.41, 5.74) is 4.23. The summed E-state index contributed by atoms with van der Waals surface area (Å²) in [7, 11) is 0. The summed E-state index contributed by atoms with van der Waals surface area (Å²) in [4.78, 5) is 15.1. The van der Waals surface area contributed by atoms with Crippen LogP contribution in [0.5, 0.6) is 0 Å². The standard InChI is InChI=1S/C23H23N3OS2/c1-2-15-8-10-16(11-9-15)22(20-7-4-12-28-20)25-14-21(27)26-23-18(13-24)17-5-3-6-19(17)29-23/h4,7-12,22,25H,2-3,5-6,14H2,1H3,(H,26,27)/t22-/m0/s1. The van der Waals surface area contributed by atoms with Crippen molar-refractivity contribution < 1.29 is 4.79 Å². The lowest BCUT2D eigenvalue weighted by atomic mass is 10.0. The molecule has 1 amide bonds. The Bertz CT molecular complexity index is 1030. The zero-order chi connectivity index (χ0) is 20.2. The van der Waals surface area contributed by atoms with Crippen LogP contribution < -0.4 is 10.6 Å². The second-order valence-corrected chi connectivity index (χ2v) is 9.23. The normalized spacial score (nSPS) is 13.7. The van der Waals surface area contributed by atoms with Crippen molar-refractivity contribution in [2.45, 2.75) is 38.6 Å². The molecule has 0 saturated carbocycles. The Morgan fingerprint density at radius 2 is 2.07 bits per heavy atom. The number of hydrogen-bond acceptors (Lipinski definition) is 5. The molecule has 1 atom stereocenters. The van der Waals surface area contributed by atoms with Gasteiger partial charge in [0.15, 0.2) is 0 Å². The summed E-state index contributed by atoms with van der Waals surface area (Å²) in [5.74, 6) is -0.117. The molecular formula is C23H23N3OS2. The van der Waals surface area contributed by atoms with Gasteiger partial charge in [-0.1, -0.05) is 37.3 Å². The zero-order valence-electron chi connectivity index (χ0n) is 16.3. The molecule has 2 heterocycles. The van der Waals surface area contributed by atoms with Gasteiger partial charge in [0.2, 0.25) is 5.91 Å². The van der Waals surface area contributed by atoms with E-state index < -0.39 is 0 Å². The highest BCUT2D eigenvalue weighted by atomic mass is 32.1. The van der Waals surface area contributed by atoms with Gasteiger partial charge in [-0.25, -0.2) is 0 Å². The lowest BCUT2D eigenvalue weighted by Gasteiger charge is -2.18. The maximum absolute atomic E-state index is 12.6. The molecule has 29 heavy (non-hydrogen) atoms. The number of fused-ring (bicyclic) bond motifs is 1. The van der Waals surface area contributed by atoms with Crippen molar-refractivity contribution in [1.29, 1.82) is 5.26 Å². The first kappa shape index (κ1) is 19.8. The van der Waals surface area contributed by atoms with Gasteiger partial charge in [-0.3, -0.25) is 10.1 Å². The first-order valence-corrected chi connectivity index (χ1v) is 11.6. The summed E-state index contributed by atoms with van der Waals surface area (Å²) < 4.78 is 0. The number of amides is 1. The number of aryl methyl sites for hydroxylation is 2. The molecule has 2 N–H and O–H groups in total. The van der Waals surface area contributed by atoms with Crippen LogP contribution in [0, 0.1) is 11.3 Å². The molecule has 0 bridgehead atoms. The fourth-order valence-electron chi connectivity index (χ4n) is 3.76. The van der Waals surface area contributed by atoms with E-state index in [1.165, 1.54) is 15.3 Å². The molecule has 4 rings (SSSR count). The number of carbonyl (C=O) groups excluding carboxylic acids is 1. The highest BCUT2D eigenvalue weighted by Crippen LogP contribution is 2.38. The average Bonchev–Trinajstić information content (AvgIpc) is 3.46. The van der Waals surface area contributed by atoms with Gasteiger partial charge in [0, 0.05) is 9.75 Å². The number of nitrogens with zero attached hydrogens (tertiary/aromatic N) is 1. The molecule has 0 radical (unpaired) electrons. The monoisotopic (exact) mass is 421 g/mol. The minimum absolute atomic E-state index is 0.0320. The predicted molar refractivity (Wildman–Crippen MR) is 120 cm³/mol. The SMILES string of the molecule is CCc1ccc([C@H](NCC(=O)Nc2sc3c(c2C#N)CCC3)c2cccs2)cc1. The highest BCUT2D eigenvalue weighted by molar-refractivity contribution is 7.16. The highest BCUT2D eigenvalue weighted by Gasteiger charge is 2.23. The van der Waals surface area contributed by atoms with Crippen LogP contribution in [0.3, 0.4) is 0 Å². The molecule has 1 aromatic carbocycles.